The first-order valence-electron chi connectivity index (χ1n) is 7.87. The van der Waals surface area contributed by atoms with Crippen LogP contribution in [-0.2, 0) is 4.79 Å². The van der Waals surface area contributed by atoms with Crippen molar-refractivity contribution in [2.75, 3.05) is 10.6 Å². The van der Waals surface area contributed by atoms with E-state index in [1.54, 1.807) is 42.5 Å². The maximum atomic E-state index is 12.4. The van der Waals surface area contributed by atoms with Gasteiger partial charge in [-0.3, -0.25) is 9.59 Å². The Morgan fingerprint density at radius 1 is 0.920 bits per heavy atom. The van der Waals surface area contributed by atoms with Crippen LogP contribution in [0.5, 0.6) is 0 Å². The predicted octanol–water partition coefficient (Wildman–Crippen LogP) is 2.70. The molecule has 7 heteroatoms. The van der Waals surface area contributed by atoms with Crippen LogP contribution in [0.3, 0.4) is 0 Å². The number of carbonyl (C=O) groups is 2. The van der Waals surface area contributed by atoms with Crippen molar-refractivity contribution in [3.05, 3.63) is 58.5 Å². The molecule has 0 radical (unpaired) electrons. The number of H-pyrrole nitrogens is 2. The average Bonchev–Trinajstić information content (AvgIpc) is 2.94. The Kier molecular flexibility index (Phi) is 4.38. The van der Waals surface area contributed by atoms with Gasteiger partial charge >= 0.3 is 5.69 Å². The summed E-state index contributed by atoms with van der Waals surface area (Å²) in [7, 11) is 0. The monoisotopic (exact) mass is 338 g/mol. The summed E-state index contributed by atoms with van der Waals surface area (Å²) in [5.41, 5.74) is 2.48. The molecule has 2 aromatic carbocycles. The quantitative estimate of drug-likeness (QED) is 0.587. The highest BCUT2D eigenvalue weighted by Gasteiger charge is 2.10. The SMILES string of the molecule is CC(C)C(=O)Nc1cccc(NC(=O)c2ccc3[nH]c(=O)[nH]c3c2)c1. The third-order valence-electron chi connectivity index (χ3n) is 3.69. The molecule has 0 aliphatic heterocycles. The predicted molar refractivity (Wildman–Crippen MR) is 96.8 cm³/mol. The molecule has 0 saturated heterocycles. The fourth-order valence-electron chi connectivity index (χ4n) is 2.34. The van der Waals surface area contributed by atoms with Gasteiger partial charge in [0.15, 0.2) is 0 Å². The largest absolute Gasteiger partial charge is 0.326 e. The number of aromatic amines is 2. The maximum absolute atomic E-state index is 12.4. The van der Waals surface area contributed by atoms with Crippen molar-refractivity contribution < 1.29 is 9.59 Å². The summed E-state index contributed by atoms with van der Waals surface area (Å²) < 4.78 is 0. The van der Waals surface area contributed by atoms with Crippen molar-refractivity contribution in [1.29, 1.82) is 0 Å². The molecule has 128 valence electrons. The number of nitrogens with one attached hydrogen (secondary N) is 4. The van der Waals surface area contributed by atoms with Gasteiger partial charge < -0.3 is 20.6 Å². The van der Waals surface area contributed by atoms with Crippen molar-refractivity contribution in [2.24, 2.45) is 5.92 Å². The third-order valence-corrected chi connectivity index (χ3v) is 3.69. The second-order valence-corrected chi connectivity index (χ2v) is 6.02. The minimum atomic E-state index is -0.318. The number of hydrogen-bond donors (Lipinski definition) is 4. The van der Waals surface area contributed by atoms with Gasteiger partial charge in [0, 0.05) is 22.9 Å². The third kappa shape index (κ3) is 3.77. The van der Waals surface area contributed by atoms with Gasteiger partial charge in [0.1, 0.15) is 0 Å². The summed E-state index contributed by atoms with van der Waals surface area (Å²) in [4.78, 5) is 40.7. The van der Waals surface area contributed by atoms with Gasteiger partial charge in [0.25, 0.3) is 5.91 Å². The van der Waals surface area contributed by atoms with Gasteiger partial charge in [0.05, 0.1) is 11.0 Å². The highest BCUT2D eigenvalue weighted by molar-refractivity contribution is 6.06. The minimum absolute atomic E-state index is 0.0923. The molecular weight excluding hydrogens is 320 g/mol. The van der Waals surface area contributed by atoms with E-state index in [2.05, 4.69) is 20.6 Å². The summed E-state index contributed by atoms with van der Waals surface area (Å²) in [6, 6.07) is 11.8. The zero-order valence-corrected chi connectivity index (χ0v) is 13.8. The van der Waals surface area contributed by atoms with Crippen molar-refractivity contribution in [2.45, 2.75) is 13.8 Å². The van der Waals surface area contributed by atoms with Gasteiger partial charge in [0.2, 0.25) is 5.91 Å². The Labute approximate surface area is 143 Å². The zero-order valence-electron chi connectivity index (χ0n) is 13.8. The number of amides is 2. The molecule has 2 amide bonds. The first kappa shape index (κ1) is 16.5. The summed E-state index contributed by atoms with van der Waals surface area (Å²) in [6.07, 6.45) is 0. The van der Waals surface area contributed by atoms with E-state index in [-0.39, 0.29) is 23.4 Å². The summed E-state index contributed by atoms with van der Waals surface area (Å²) in [5, 5.41) is 5.57. The molecular formula is C18H18N4O3. The molecule has 0 fully saturated rings. The molecule has 3 aromatic rings. The van der Waals surface area contributed by atoms with E-state index in [9.17, 15) is 14.4 Å². The Morgan fingerprint density at radius 3 is 2.32 bits per heavy atom. The van der Waals surface area contributed by atoms with Gasteiger partial charge in [-0.2, -0.15) is 0 Å². The van der Waals surface area contributed by atoms with Crippen molar-refractivity contribution >= 4 is 34.2 Å². The van der Waals surface area contributed by atoms with E-state index in [0.29, 0.717) is 28.0 Å². The van der Waals surface area contributed by atoms with E-state index in [1.165, 1.54) is 0 Å². The van der Waals surface area contributed by atoms with Crippen LogP contribution < -0.4 is 16.3 Å². The molecule has 0 unspecified atom stereocenters. The van der Waals surface area contributed by atoms with E-state index >= 15 is 0 Å². The Balaban J connectivity index is 1.77. The summed E-state index contributed by atoms with van der Waals surface area (Å²) in [5.74, 6) is -0.532. The fraction of sp³-hybridized carbons (Fsp3) is 0.167. The molecule has 0 aliphatic carbocycles. The number of aromatic nitrogens is 2. The van der Waals surface area contributed by atoms with Crippen molar-refractivity contribution in [1.82, 2.24) is 9.97 Å². The lowest BCUT2D eigenvalue weighted by Gasteiger charge is -2.10. The molecule has 25 heavy (non-hydrogen) atoms. The lowest BCUT2D eigenvalue weighted by molar-refractivity contribution is -0.118. The number of hydrogen-bond acceptors (Lipinski definition) is 3. The van der Waals surface area contributed by atoms with Crippen molar-refractivity contribution in [3.8, 4) is 0 Å². The van der Waals surface area contributed by atoms with Gasteiger partial charge in [-0.05, 0) is 36.4 Å². The Hall–Kier alpha value is -3.35. The van der Waals surface area contributed by atoms with E-state index in [1.807, 2.05) is 13.8 Å². The Bertz CT molecular complexity index is 1000. The van der Waals surface area contributed by atoms with Crippen LogP contribution in [0, 0.1) is 5.92 Å². The lowest BCUT2D eigenvalue weighted by Crippen LogP contribution is -2.18. The number of carbonyl (C=O) groups excluding carboxylic acids is 2. The lowest BCUT2D eigenvalue weighted by atomic mass is 10.1. The second-order valence-electron chi connectivity index (χ2n) is 6.02. The molecule has 4 N–H and O–H groups in total. The topological polar surface area (TPSA) is 107 Å². The number of fused-ring (bicyclic) bond motifs is 1. The molecule has 0 saturated carbocycles. The standard InChI is InChI=1S/C18H18N4O3/c1-10(2)16(23)19-12-4-3-5-13(9-12)20-17(24)11-6-7-14-15(8-11)22-18(25)21-14/h3-10H,1-2H3,(H,19,23)(H,20,24)(H2,21,22,25). The van der Waals surface area contributed by atoms with Gasteiger partial charge in [-0.15, -0.1) is 0 Å². The van der Waals surface area contributed by atoms with E-state index in [4.69, 9.17) is 0 Å². The number of benzene rings is 2. The minimum Gasteiger partial charge on any atom is -0.326 e. The second kappa shape index (κ2) is 6.64. The van der Waals surface area contributed by atoms with E-state index in [0.717, 1.165) is 0 Å². The van der Waals surface area contributed by atoms with Crippen LogP contribution in [0.2, 0.25) is 0 Å². The molecule has 3 rings (SSSR count). The summed E-state index contributed by atoms with van der Waals surface area (Å²) >= 11 is 0. The number of anilines is 2. The normalized spacial score (nSPS) is 10.8. The van der Waals surface area contributed by atoms with Crippen LogP contribution in [0.15, 0.2) is 47.3 Å². The molecule has 7 nitrogen and oxygen atoms in total. The molecule has 0 atom stereocenters. The van der Waals surface area contributed by atoms with Gasteiger partial charge in [-0.1, -0.05) is 19.9 Å². The van der Waals surface area contributed by atoms with Crippen molar-refractivity contribution in [3.63, 3.8) is 0 Å². The maximum Gasteiger partial charge on any atom is 0.323 e. The Morgan fingerprint density at radius 2 is 1.60 bits per heavy atom. The number of imidazole rings is 1. The molecule has 0 bridgehead atoms. The smallest absolute Gasteiger partial charge is 0.323 e. The van der Waals surface area contributed by atoms with Gasteiger partial charge in [-0.25, -0.2) is 4.79 Å². The molecule has 1 aromatic heterocycles. The molecule has 1 heterocycles. The van der Waals surface area contributed by atoms with Crippen LogP contribution in [0.25, 0.3) is 11.0 Å². The average molecular weight is 338 g/mol. The first-order valence-corrected chi connectivity index (χ1v) is 7.87. The molecule has 0 spiro atoms. The number of rotatable bonds is 4. The van der Waals surface area contributed by atoms with Crippen LogP contribution in [0.4, 0.5) is 11.4 Å². The van der Waals surface area contributed by atoms with Crippen LogP contribution in [0.1, 0.15) is 24.2 Å². The zero-order chi connectivity index (χ0) is 18.0. The highest BCUT2D eigenvalue weighted by Crippen LogP contribution is 2.18. The van der Waals surface area contributed by atoms with Crippen LogP contribution >= 0.6 is 0 Å². The van der Waals surface area contributed by atoms with E-state index < -0.39 is 0 Å². The first-order chi connectivity index (χ1) is 11.9. The highest BCUT2D eigenvalue weighted by atomic mass is 16.2. The van der Waals surface area contributed by atoms with Crippen LogP contribution in [-0.4, -0.2) is 21.8 Å². The molecule has 0 aliphatic rings. The fourth-order valence-corrected chi connectivity index (χ4v) is 2.34. The summed E-state index contributed by atoms with van der Waals surface area (Å²) in [6.45, 7) is 3.62.